The lowest BCUT2D eigenvalue weighted by molar-refractivity contribution is 0.0938. The fraction of sp³-hybridized carbons (Fsp3) is 0.333. The molecule has 0 heterocycles. The van der Waals surface area contributed by atoms with Crippen LogP contribution >= 0.6 is 11.8 Å². The summed E-state index contributed by atoms with van der Waals surface area (Å²) in [4.78, 5) is 23.1. The molecule has 0 aromatic heterocycles. The van der Waals surface area contributed by atoms with E-state index in [1.165, 1.54) is 18.2 Å². The van der Waals surface area contributed by atoms with Crippen LogP contribution in [0, 0.1) is 0 Å². The Balaban J connectivity index is 2.94. The first-order valence-electron chi connectivity index (χ1n) is 6.00. The second kappa shape index (κ2) is 8.41. The molecular weight excluding hydrogens is 280 g/mol. The molecule has 0 bridgehead atoms. The summed E-state index contributed by atoms with van der Waals surface area (Å²) < 4.78 is 5.54. The molecule has 0 radical (unpaired) electrons. The van der Waals surface area contributed by atoms with Gasteiger partial charge in [-0.2, -0.15) is 11.8 Å². The number of hydrazine groups is 2. The van der Waals surface area contributed by atoms with Gasteiger partial charge < -0.3 is 4.74 Å². The summed E-state index contributed by atoms with van der Waals surface area (Å²) in [5.41, 5.74) is 4.63. The van der Waals surface area contributed by atoms with Gasteiger partial charge in [-0.1, -0.05) is 6.92 Å². The maximum Gasteiger partial charge on any atom is 0.268 e. The Morgan fingerprint density at radius 1 is 1.25 bits per heavy atom. The summed E-state index contributed by atoms with van der Waals surface area (Å²) in [7, 11) is 0. The van der Waals surface area contributed by atoms with Crippen molar-refractivity contribution in [2.45, 2.75) is 6.92 Å². The second-order valence-corrected chi connectivity index (χ2v) is 5.10. The van der Waals surface area contributed by atoms with E-state index in [0.717, 1.165) is 11.5 Å². The highest BCUT2D eigenvalue weighted by atomic mass is 32.2. The van der Waals surface area contributed by atoms with E-state index in [4.69, 9.17) is 16.4 Å². The largest absolute Gasteiger partial charge is 0.492 e. The molecule has 0 spiro atoms. The number of benzene rings is 1. The standard InChI is InChI=1S/C12H18N4O3S/c1-2-20-6-5-19-10-7-8(11(17)15-13)3-4-9(10)12(18)16-14/h3-4,7H,2,5-6,13-14H2,1H3,(H,15,17)(H,16,18). The number of carbonyl (C=O) groups excluding carboxylic acids is 2. The molecule has 2 amide bonds. The molecule has 0 aliphatic carbocycles. The fourth-order valence-corrected chi connectivity index (χ4v) is 1.98. The Hall–Kier alpha value is -1.77. The van der Waals surface area contributed by atoms with Gasteiger partial charge in [0.15, 0.2) is 0 Å². The molecule has 6 N–H and O–H groups in total. The molecule has 20 heavy (non-hydrogen) atoms. The number of hydrogen-bond donors (Lipinski definition) is 4. The summed E-state index contributed by atoms with van der Waals surface area (Å²) in [5.74, 6) is 11.3. The molecule has 0 saturated heterocycles. The summed E-state index contributed by atoms with van der Waals surface area (Å²) in [6.07, 6.45) is 0. The zero-order valence-electron chi connectivity index (χ0n) is 11.1. The highest BCUT2D eigenvalue weighted by molar-refractivity contribution is 7.99. The van der Waals surface area contributed by atoms with E-state index in [0.29, 0.717) is 17.9 Å². The van der Waals surface area contributed by atoms with Crippen molar-refractivity contribution in [1.82, 2.24) is 10.9 Å². The minimum absolute atomic E-state index is 0.266. The van der Waals surface area contributed by atoms with E-state index in [-0.39, 0.29) is 5.56 Å². The average Bonchev–Trinajstić information content (AvgIpc) is 2.49. The SMILES string of the molecule is CCSCCOc1cc(C(=O)NN)ccc1C(=O)NN. The molecule has 0 unspecified atom stereocenters. The van der Waals surface area contributed by atoms with Gasteiger partial charge in [-0.3, -0.25) is 20.4 Å². The van der Waals surface area contributed by atoms with Gasteiger partial charge in [0.1, 0.15) is 5.75 Å². The Morgan fingerprint density at radius 2 is 1.95 bits per heavy atom. The van der Waals surface area contributed by atoms with Gasteiger partial charge in [-0.15, -0.1) is 0 Å². The van der Waals surface area contributed by atoms with E-state index in [1.807, 2.05) is 17.8 Å². The van der Waals surface area contributed by atoms with Crippen LogP contribution in [0.4, 0.5) is 0 Å². The number of nitrogens with two attached hydrogens (primary N) is 2. The molecule has 0 aliphatic heterocycles. The van der Waals surface area contributed by atoms with E-state index < -0.39 is 11.8 Å². The molecule has 0 fully saturated rings. The minimum atomic E-state index is -0.483. The number of rotatable bonds is 7. The fourth-order valence-electron chi connectivity index (χ4n) is 1.49. The van der Waals surface area contributed by atoms with Gasteiger partial charge in [-0.25, -0.2) is 11.7 Å². The van der Waals surface area contributed by atoms with E-state index in [9.17, 15) is 9.59 Å². The van der Waals surface area contributed by atoms with Crippen molar-refractivity contribution in [3.63, 3.8) is 0 Å². The highest BCUT2D eigenvalue weighted by Crippen LogP contribution is 2.21. The topological polar surface area (TPSA) is 119 Å². The van der Waals surface area contributed by atoms with Crippen LogP contribution in [-0.2, 0) is 0 Å². The molecule has 0 saturated carbocycles. The van der Waals surface area contributed by atoms with Crippen molar-refractivity contribution in [1.29, 1.82) is 0 Å². The number of nitrogens with one attached hydrogen (secondary N) is 2. The predicted octanol–water partition coefficient (Wildman–Crippen LogP) is 0.0255. The molecule has 0 atom stereocenters. The Kier molecular flexibility index (Phi) is 6.85. The van der Waals surface area contributed by atoms with Crippen LogP contribution in [0.3, 0.4) is 0 Å². The predicted molar refractivity (Wildman–Crippen MR) is 78.2 cm³/mol. The normalized spacial score (nSPS) is 9.95. The van der Waals surface area contributed by atoms with Gasteiger partial charge >= 0.3 is 0 Å². The van der Waals surface area contributed by atoms with Crippen LogP contribution in [0.5, 0.6) is 5.75 Å². The van der Waals surface area contributed by atoms with Crippen LogP contribution in [0.25, 0.3) is 0 Å². The van der Waals surface area contributed by atoms with E-state index >= 15 is 0 Å². The third kappa shape index (κ3) is 4.41. The Bertz CT molecular complexity index is 482. The summed E-state index contributed by atoms with van der Waals surface area (Å²) in [5, 5.41) is 0. The number of hydrogen-bond acceptors (Lipinski definition) is 6. The van der Waals surface area contributed by atoms with Crippen LogP contribution in [-0.4, -0.2) is 29.9 Å². The number of amides is 2. The minimum Gasteiger partial charge on any atom is -0.492 e. The average molecular weight is 298 g/mol. The van der Waals surface area contributed by atoms with Crippen molar-refractivity contribution in [2.24, 2.45) is 11.7 Å². The van der Waals surface area contributed by atoms with Gasteiger partial charge in [0, 0.05) is 11.3 Å². The van der Waals surface area contributed by atoms with E-state index in [1.54, 1.807) is 11.8 Å². The lowest BCUT2D eigenvalue weighted by Gasteiger charge is -2.12. The summed E-state index contributed by atoms with van der Waals surface area (Å²) in [6.45, 7) is 2.47. The lowest BCUT2D eigenvalue weighted by Crippen LogP contribution is -2.31. The van der Waals surface area contributed by atoms with Crippen LogP contribution < -0.4 is 27.3 Å². The van der Waals surface area contributed by atoms with Gasteiger partial charge in [0.25, 0.3) is 11.8 Å². The van der Waals surface area contributed by atoms with E-state index in [2.05, 4.69) is 0 Å². The summed E-state index contributed by atoms with van der Waals surface area (Å²) in [6, 6.07) is 4.40. The molecule has 8 heteroatoms. The summed E-state index contributed by atoms with van der Waals surface area (Å²) >= 11 is 1.71. The monoisotopic (exact) mass is 298 g/mol. The quantitative estimate of drug-likeness (QED) is 0.244. The first-order valence-corrected chi connectivity index (χ1v) is 7.16. The number of thioether (sulfide) groups is 1. The zero-order valence-corrected chi connectivity index (χ0v) is 12.0. The Morgan fingerprint density at radius 3 is 2.55 bits per heavy atom. The maximum atomic E-state index is 11.6. The van der Waals surface area contributed by atoms with Crippen molar-refractivity contribution in [2.75, 3.05) is 18.1 Å². The molecule has 0 aliphatic rings. The van der Waals surface area contributed by atoms with Crippen LogP contribution in [0.15, 0.2) is 18.2 Å². The zero-order chi connectivity index (χ0) is 15.0. The van der Waals surface area contributed by atoms with Crippen molar-refractivity contribution in [3.8, 4) is 5.75 Å². The van der Waals surface area contributed by atoms with Crippen LogP contribution in [0.2, 0.25) is 0 Å². The van der Waals surface area contributed by atoms with Gasteiger partial charge in [0.2, 0.25) is 0 Å². The van der Waals surface area contributed by atoms with Crippen molar-refractivity contribution in [3.05, 3.63) is 29.3 Å². The second-order valence-electron chi connectivity index (χ2n) is 3.70. The molecular formula is C12H18N4O3S. The third-order valence-electron chi connectivity index (χ3n) is 2.44. The molecule has 1 aromatic carbocycles. The first-order chi connectivity index (χ1) is 9.63. The van der Waals surface area contributed by atoms with Crippen molar-refractivity contribution < 1.29 is 14.3 Å². The number of ether oxygens (including phenoxy) is 1. The maximum absolute atomic E-state index is 11.6. The molecule has 110 valence electrons. The Labute approximate surface area is 121 Å². The van der Waals surface area contributed by atoms with Crippen molar-refractivity contribution >= 4 is 23.6 Å². The lowest BCUT2D eigenvalue weighted by atomic mass is 10.1. The highest BCUT2D eigenvalue weighted by Gasteiger charge is 2.14. The molecule has 1 rings (SSSR count). The van der Waals surface area contributed by atoms with Crippen LogP contribution in [0.1, 0.15) is 27.6 Å². The molecule has 1 aromatic rings. The smallest absolute Gasteiger partial charge is 0.268 e. The van der Waals surface area contributed by atoms with Gasteiger partial charge in [0.05, 0.1) is 12.2 Å². The van der Waals surface area contributed by atoms with Gasteiger partial charge in [-0.05, 0) is 24.0 Å². The third-order valence-corrected chi connectivity index (χ3v) is 3.30. The number of carbonyl (C=O) groups is 2. The number of nitrogen functional groups attached to an aromatic ring is 2. The molecule has 7 nitrogen and oxygen atoms in total. The first kappa shape index (κ1) is 16.3.